The van der Waals surface area contributed by atoms with Crippen LogP contribution in [0.25, 0.3) is 0 Å². The van der Waals surface area contributed by atoms with Crippen LogP contribution in [0.1, 0.15) is 112 Å². The molecule has 69 heavy (non-hydrogen) atoms. The minimum Gasteiger partial charge on any atom is -0.490 e. The number of hydrogen-bond acceptors (Lipinski definition) is 19. The quantitative estimate of drug-likeness (QED) is 0.108. The molecule has 0 radical (unpaired) electrons. The van der Waals surface area contributed by atoms with E-state index in [4.69, 9.17) is 47.4 Å². The van der Waals surface area contributed by atoms with Crippen LogP contribution in [0.15, 0.2) is 24.0 Å². The number of carbonyl (C=O) groups is 1. The predicted molar refractivity (Wildman–Crippen MR) is 239 cm³/mol. The van der Waals surface area contributed by atoms with Crippen LogP contribution in [0, 0.1) is 34.5 Å². The summed E-state index contributed by atoms with van der Waals surface area (Å²) in [7, 11) is 0. The van der Waals surface area contributed by atoms with Crippen molar-refractivity contribution in [1.82, 2.24) is 0 Å². The van der Waals surface area contributed by atoms with Crippen molar-refractivity contribution in [2.45, 2.75) is 234 Å². The van der Waals surface area contributed by atoms with E-state index in [0.29, 0.717) is 31.1 Å². The molecule has 26 atom stereocenters. The smallest absolute Gasteiger partial charge is 0.302 e. The number of fused-ring (bicyclic) bond motifs is 5. The summed E-state index contributed by atoms with van der Waals surface area (Å²) in [6.07, 6.45) is -9.95. The van der Waals surface area contributed by atoms with Gasteiger partial charge in [0.25, 0.3) is 0 Å². The molecule has 19 heteroatoms. The molecule has 0 aromatic carbocycles. The Morgan fingerprint density at radius 3 is 1.94 bits per heavy atom. The summed E-state index contributed by atoms with van der Waals surface area (Å²) in [5.41, 5.74) is -0.532. The standard InChI is InChI=1S/C50H78O19/c1-22-14-27(21-60-22)30-11-13-50(59)31-9-8-28-15-29(10-12-48(28,6)32(31)16-37(55)49(30,50)7)65-38-17-33(53)44(23(2)61-38)67-39-18-34(54)45(24(3)62-39)68-40-19-35(64-26(5)52)46(25(4)63-40)69-47-43(58)42(57)41(56)36(20-51)66-47/h14,23-25,28-47,51,53-59H,1,8-13,15-21H2,2-7H3/t23-,24-,25-,28-,29+,30-,31?,32?,33+,34+,35+,36-,37-,38+,39+,40+,41-,42+,43-,44-,45-,46-,47+,48+,49+,50+/m1/s1. The molecule has 0 aromatic rings. The summed E-state index contributed by atoms with van der Waals surface area (Å²) >= 11 is 0. The Hall–Kier alpha value is -1.89. The second-order valence-corrected chi connectivity index (χ2v) is 22.4. The molecule has 8 N–H and O–H groups in total. The first-order valence-electron chi connectivity index (χ1n) is 25.5. The summed E-state index contributed by atoms with van der Waals surface area (Å²) in [5.74, 6) is 0.730. The van der Waals surface area contributed by atoms with E-state index in [-0.39, 0.29) is 48.5 Å². The van der Waals surface area contributed by atoms with Crippen molar-refractivity contribution >= 4 is 5.97 Å². The highest BCUT2D eigenvalue weighted by molar-refractivity contribution is 5.66. The fourth-order valence-electron chi connectivity index (χ4n) is 14.7. The largest absolute Gasteiger partial charge is 0.490 e. The summed E-state index contributed by atoms with van der Waals surface area (Å²) in [6, 6.07) is 0. The van der Waals surface area contributed by atoms with Gasteiger partial charge in [0, 0.05) is 31.6 Å². The Bertz CT molecular complexity index is 1840. The zero-order chi connectivity index (χ0) is 49.5. The Morgan fingerprint density at radius 1 is 0.725 bits per heavy atom. The Morgan fingerprint density at radius 2 is 1.35 bits per heavy atom. The van der Waals surface area contributed by atoms with Crippen LogP contribution in [0.2, 0.25) is 0 Å². The lowest BCUT2D eigenvalue weighted by molar-refractivity contribution is -0.355. The number of ether oxygens (including phenoxy) is 10. The fraction of sp³-hybridized carbons (Fsp3) is 0.900. The second-order valence-electron chi connectivity index (χ2n) is 22.4. The predicted octanol–water partition coefficient (Wildman–Crippen LogP) is 1.60. The van der Waals surface area contributed by atoms with Crippen molar-refractivity contribution in [3.8, 4) is 0 Å². The molecule has 5 heterocycles. The molecule has 0 aromatic heterocycles. The van der Waals surface area contributed by atoms with Gasteiger partial charge in [0.1, 0.15) is 61.2 Å². The molecule has 19 nitrogen and oxygen atoms in total. The normalized spacial score (nSPS) is 53.3. The van der Waals surface area contributed by atoms with Gasteiger partial charge >= 0.3 is 5.97 Å². The van der Waals surface area contributed by atoms with E-state index >= 15 is 0 Å². The van der Waals surface area contributed by atoms with E-state index in [1.54, 1.807) is 13.8 Å². The number of aliphatic hydroxyl groups excluding tert-OH is 7. The minimum absolute atomic E-state index is 0.00486. The molecular weight excluding hydrogens is 905 g/mol. The van der Waals surface area contributed by atoms with Crippen molar-refractivity contribution in [2.24, 2.45) is 34.5 Å². The first-order valence-corrected chi connectivity index (χ1v) is 25.5. The van der Waals surface area contributed by atoms with Crippen LogP contribution >= 0.6 is 0 Å². The molecule has 4 saturated heterocycles. The number of aliphatic hydroxyl groups is 8. The van der Waals surface area contributed by atoms with Crippen LogP contribution in [0.4, 0.5) is 0 Å². The summed E-state index contributed by atoms with van der Waals surface area (Å²) in [5, 5.41) is 88.2. The van der Waals surface area contributed by atoms with Crippen molar-refractivity contribution < 1.29 is 93.0 Å². The zero-order valence-corrected chi connectivity index (χ0v) is 40.8. The van der Waals surface area contributed by atoms with Gasteiger partial charge in [0.05, 0.1) is 54.9 Å². The van der Waals surface area contributed by atoms with Crippen LogP contribution in [0.5, 0.6) is 0 Å². The van der Waals surface area contributed by atoms with E-state index in [1.807, 2.05) is 13.0 Å². The van der Waals surface area contributed by atoms with E-state index in [0.717, 1.165) is 44.1 Å². The maximum absolute atomic E-state index is 12.7. The molecule has 0 amide bonds. The lowest BCUT2D eigenvalue weighted by atomic mass is 9.42. The number of hydrogen-bond donors (Lipinski definition) is 8. The number of carbonyl (C=O) groups excluding carboxylic acids is 1. The van der Waals surface area contributed by atoms with Gasteiger partial charge < -0.3 is 88.2 Å². The zero-order valence-electron chi connectivity index (χ0n) is 40.8. The van der Waals surface area contributed by atoms with Crippen LogP contribution < -0.4 is 0 Å². The lowest BCUT2D eigenvalue weighted by Gasteiger charge is -2.65. The van der Waals surface area contributed by atoms with Crippen LogP contribution in [-0.2, 0) is 52.2 Å². The molecule has 4 aliphatic carbocycles. The van der Waals surface area contributed by atoms with Gasteiger partial charge in [-0.3, -0.25) is 4.79 Å². The average Bonchev–Trinajstić information content (AvgIpc) is 3.84. The molecule has 0 spiro atoms. The highest BCUT2D eigenvalue weighted by Gasteiger charge is 2.71. The van der Waals surface area contributed by atoms with Crippen molar-refractivity contribution in [3.63, 3.8) is 0 Å². The molecule has 8 fully saturated rings. The molecule has 9 rings (SSSR count). The number of allylic oxidation sites excluding steroid dienone is 1. The minimum atomic E-state index is -1.68. The topological polar surface area (TPSA) is 271 Å². The maximum atomic E-state index is 12.7. The molecule has 5 aliphatic heterocycles. The third-order valence-electron chi connectivity index (χ3n) is 18.4. The van der Waals surface area contributed by atoms with Crippen molar-refractivity contribution in [2.75, 3.05) is 13.2 Å². The third-order valence-corrected chi connectivity index (χ3v) is 18.4. The summed E-state index contributed by atoms with van der Waals surface area (Å²) in [4.78, 5) is 12.2. The highest BCUT2D eigenvalue weighted by atomic mass is 16.8. The first-order chi connectivity index (χ1) is 32.6. The molecule has 392 valence electrons. The van der Waals surface area contributed by atoms with Gasteiger partial charge in [-0.15, -0.1) is 0 Å². The monoisotopic (exact) mass is 983 g/mol. The Balaban J connectivity index is 0.752. The Kier molecular flexibility index (Phi) is 15.1. The van der Waals surface area contributed by atoms with Gasteiger partial charge in [-0.1, -0.05) is 20.4 Å². The highest BCUT2D eigenvalue weighted by Crippen LogP contribution is 2.70. The van der Waals surface area contributed by atoms with Crippen molar-refractivity contribution in [3.05, 3.63) is 24.0 Å². The molecular formula is C50H78O19. The SMILES string of the molecule is C=C1C=C([C@H]2CC[C@]3(O)C4CC[C@@H]5C[C@@H](O[C@H]6C[C@H](O)[C@H](O[C@H]7C[C@H](O)[C@H](O[C@H]8C[C@H](OC(C)=O)[C@H](O[C@@H]9O[C@H](CO)[C@@H](O)[C@H](O)[C@H]9O)[C@@H](C)O8)[C@@H](C)O7)[C@@H](C)O6)CC[C@]5(C)C4C[C@@H](O)[C@]23C)CO1. The number of rotatable bonds is 11. The Labute approximate surface area is 404 Å². The van der Waals surface area contributed by atoms with Gasteiger partial charge in [-0.05, 0) is 113 Å². The average molecular weight is 983 g/mol. The van der Waals surface area contributed by atoms with Gasteiger partial charge in [0.15, 0.2) is 25.2 Å². The summed E-state index contributed by atoms with van der Waals surface area (Å²) in [6.45, 7) is 14.7. The lowest BCUT2D eigenvalue weighted by Crippen LogP contribution is -2.67. The van der Waals surface area contributed by atoms with E-state index in [1.165, 1.54) is 6.92 Å². The van der Waals surface area contributed by atoms with Crippen LogP contribution in [0.3, 0.4) is 0 Å². The van der Waals surface area contributed by atoms with Gasteiger partial charge in [-0.25, -0.2) is 0 Å². The van der Waals surface area contributed by atoms with Gasteiger partial charge in [-0.2, -0.15) is 0 Å². The first kappa shape index (κ1) is 52.0. The number of esters is 1. The van der Waals surface area contributed by atoms with E-state index in [9.17, 15) is 45.6 Å². The molecule has 4 saturated carbocycles. The van der Waals surface area contributed by atoms with E-state index in [2.05, 4.69) is 20.4 Å². The van der Waals surface area contributed by atoms with Gasteiger partial charge in [0.2, 0.25) is 0 Å². The molecule has 9 aliphatic rings. The molecule has 2 unspecified atom stereocenters. The van der Waals surface area contributed by atoms with Crippen molar-refractivity contribution in [1.29, 1.82) is 0 Å². The molecule has 0 bridgehead atoms. The second kappa shape index (κ2) is 20.1. The third kappa shape index (κ3) is 9.50. The maximum Gasteiger partial charge on any atom is 0.302 e. The van der Waals surface area contributed by atoms with Crippen LogP contribution in [-0.4, -0.2) is 182 Å². The summed E-state index contributed by atoms with van der Waals surface area (Å²) < 4.78 is 60.6. The fourth-order valence-corrected chi connectivity index (χ4v) is 14.7. The van der Waals surface area contributed by atoms with E-state index < -0.39 is 134 Å².